The van der Waals surface area contributed by atoms with Crippen LogP contribution in [0, 0.1) is 20.2 Å². The van der Waals surface area contributed by atoms with E-state index in [0.29, 0.717) is 6.07 Å². The summed E-state index contributed by atoms with van der Waals surface area (Å²) in [5, 5.41) is 22.3. The van der Waals surface area contributed by atoms with Crippen molar-refractivity contribution >= 4 is 19.0 Å². The third-order valence-corrected chi connectivity index (χ3v) is 4.46. The lowest BCUT2D eigenvalue weighted by Crippen LogP contribution is -2.18. The first-order chi connectivity index (χ1) is 11.1. The maximum Gasteiger partial charge on any atom is 0.393 e. The molecule has 0 spiro atoms. The van der Waals surface area contributed by atoms with E-state index in [1.165, 1.54) is 30.2 Å². The van der Waals surface area contributed by atoms with Crippen molar-refractivity contribution in [3.8, 4) is 11.4 Å². The molecular weight excluding hydrogens is 345 g/mol. The predicted molar refractivity (Wildman–Crippen MR) is 81.0 cm³/mol. The monoisotopic (exact) mass is 357 g/mol. The van der Waals surface area contributed by atoms with E-state index in [1.807, 2.05) is 0 Å². The van der Waals surface area contributed by atoms with E-state index in [0.717, 1.165) is 6.07 Å². The third kappa shape index (κ3) is 3.40. The summed E-state index contributed by atoms with van der Waals surface area (Å²) in [5.41, 5.74) is 3.77. The number of nitro benzene ring substituents is 2. The molecule has 1 aromatic carbocycles. The Bertz CT molecular complexity index is 836. The van der Waals surface area contributed by atoms with Crippen LogP contribution in [-0.2, 0) is 4.57 Å². The molecule has 0 saturated carbocycles. The zero-order chi connectivity index (χ0) is 18.1. The molecule has 12 nitrogen and oxygen atoms in total. The molecule has 0 aliphatic rings. The topological polar surface area (TPSA) is 177 Å². The van der Waals surface area contributed by atoms with E-state index in [4.69, 9.17) is 10.3 Å². The van der Waals surface area contributed by atoms with Crippen LogP contribution in [0.15, 0.2) is 30.9 Å². The van der Waals surface area contributed by atoms with Crippen LogP contribution < -0.4 is 10.3 Å². The lowest BCUT2D eigenvalue weighted by atomic mass is 10.2. The normalized spacial score (nSPS) is 14.6. The van der Waals surface area contributed by atoms with Gasteiger partial charge >= 0.3 is 13.3 Å². The molecule has 0 fully saturated rings. The highest BCUT2D eigenvalue weighted by Crippen LogP contribution is 2.49. The Balaban J connectivity index is 2.69. The predicted octanol–water partition coefficient (Wildman–Crippen LogP) is 1.56. The molecule has 1 aromatic heterocycles. The van der Waals surface area contributed by atoms with Crippen LogP contribution in [0.4, 0.5) is 11.4 Å². The molecule has 0 bridgehead atoms. The van der Waals surface area contributed by atoms with Gasteiger partial charge in [-0.25, -0.2) is 9.55 Å². The fourth-order valence-corrected chi connectivity index (χ4v) is 2.34. The van der Waals surface area contributed by atoms with Crippen molar-refractivity contribution in [3.05, 3.63) is 51.1 Å². The number of aromatic nitrogens is 2. The fourth-order valence-electron chi connectivity index (χ4n) is 1.74. The zero-order valence-electron chi connectivity index (χ0n) is 12.2. The molecule has 0 aliphatic carbocycles. The first-order valence-corrected chi connectivity index (χ1v) is 8.01. The third-order valence-electron chi connectivity index (χ3n) is 2.98. The molecule has 0 aliphatic heterocycles. The molecular formula is C11H12N5O7P. The maximum absolute atomic E-state index is 11.9. The number of nitrogens with two attached hydrogens (primary N) is 1. The van der Waals surface area contributed by atoms with Gasteiger partial charge in [-0.2, -0.15) is 0 Å². The standard InChI is InChI=1S/C11H12N5O7P/c1-7(12)24(21,22)23-11-5-8(14-3-2-13-6-14)9(15(17)18)4-10(11)16(19)20/h2-7H,12H2,1H3,(H,21,22). The fraction of sp³-hybridized carbons (Fsp3) is 0.182. The van der Waals surface area contributed by atoms with Crippen molar-refractivity contribution in [1.82, 2.24) is 9.55 Å². The van der Waals surface area contributed by atoms with Crippen LogP contribution in [0.2, 0.25) is 0 Å². The largest absolute Gasteiger partial charge is 0.416 e. The van der Waals surface area contributed by atoms with Gasteiger partial charge in [-0.05, 0) is 6.92 Å². The molecule has 2 aromatic rings. The Hall–Kier alpha value is -2.82. The quantitative estimate of drug-likeness (QED) is 0.441. The number of nitrogens with zero attached hydrogens (tertiary/aromatic N) is 4. The second-order valence-corrected chi connectivity index (χ2v) is 6.81. The van der Waals surface area contributed by atoms with Gasteiger partial charge in [0.15, 0.2) is 0 Å². The van der Waals surface area contributed by atoms with E-state index in [2.05, 4.69) is 4.98 Å². The lowest BCUT2D eigenvalue weighted by molar-refractivity contribution is -0.394. The lowest BCUT2D eigenvalue weighted by Gasteiger charge is -2.17. The Morgan fingerprint density at radius 2 is 1.96 bits per heavy atom. The minimum Gasteiger partial charge on any atom is -0.416 e. The summed E-state index contributed by atoms with van der Waals surface area (Å²) >= 11 is 0. The van der Waals surface area contributed by atoms with Crippen molar-refractivity contribution in [3.63, 3.8) is 0 Å². The van der Waals surface area contributed by atoms with Gasteiger partial charge in [0.05, 0.1) is 16.2 Å². The minimum absolute atomic E-state index is 0.122. The molecule has 13 heteroatoms. The van der Waals surface area contributed by atoms with Gasteiger partial charge in [-0.3, -0.25) is 20.2 Å². The van der Waals surface area contributed by atoms with Crippen LogP contribution in [-0.4, -0.2) is 30.1 Å². The molecule has 0 radical (unpaired) electrons. The summed E-state index contributed by atoms with van der Waals surface area (Å²) in [7, 11) is -4.41. The Kier molecular flexibility index (Phi) is 4.64. The van der Waals surface area contributed by atoms with E-state index in [-0.39, 0.29) is 5.69 Å². The Morgan fingerprint density at radius 1 is 1.33 bits per heavy atom. The molecule has 2 rings (SSSR count). The van der Waals surface area contributed by atoms with Gasteiger partial charge in [0.1, 0.15) is 17.5 Å². The van der Waals surface area contributed by atoms with Crippen LogP contribution in [0.25, 0.3) is 5.69 Å². The first-order valence-electron chi connectivity index (χ1n) is 6.36. The molecule has 0 amide bonds. The number of hydrogen-bond acceptors (Lipinski definition) is 8. The molecule has 24 heavy (non-hydrogen) atoms. The Morgan fingerprint density at radius 3 is 2.42 bits per heavy atom. The van der Waals surface area contributed by atoms with Crippen molar-refractivity contribution in [2.24, 2.45) is 5.73 Å². The summed E-state index contributed by atoms with van der Waals surface area (Å²) in [6.45, 7) is 1.19. The molecule has 0 saturated heterocycles. The van der Waals surface area contributed by atoms with Crippen molar-refractivity contribution < 1.29 is 23.8 Å². The van der Waals surface area contributed by atoms with Crippen LogP contribution in [0.5, 0.6) is 5.75 Å². The maximum atomic E-state index is 11.9. The average Bonchev–Trinajstić information content (AvgIpc) is 2.99. The van der Waals surface area contributed by atoms with Gasteiger partial charge in [-0.1, -0.05) is 0 Å². The SMILES string of the molecule is CC(N)P(=O)(O)Oc1cc(-n2ccnc2)c([N+](=O)[O-])cc1[N+](=O)[O-]. The van der Waals surface area contributed by atoms with Crippen molar-refractivity contribution in [2.75, 3.05) is 0 Å². The van der Waals surface area contributed by atoms with Crippen molar-refractivity contribution in [2.45, 2.75) is 12.7 Å². The number of imidazole rings is 1. The average molecular weight is 357 g/mol. The smallest absolute Gasteiger partial charge is 0.393 e. The number of hydrogen-bond donors (Lipinski definition) is 2. The highest BCUT2D eigenvalue weighted by atomic mass is 31.2. The van der Waals surface area contributed by atoms with Crippen LogP contribution in [0.3, 0.4) is 0 Å². The van der Waals surface area contributed by atoms with E-state index >= 15 is 0 Å². The summed E-state index contributed by atoms with van der Waals surface area (Å²) in [5.74, 6) is -1.93. The second-order valence-electron chi connectivity index (χ2n) is 4.69. The van der Waals surface area contributed by atoms with Gasteiger partial charge in [0.2, 0.25) is 5.75 Å². The summed E-state index contributed by atoms with van der Waals surface area (Å²) in [4.78, 5) is 33.9. The number of nitro groups is 2. The number of rotatable bonds is 6. The Labute approximate surface area is 134 Å². The van der Waals surface area contributed by atoms with Gasteiger partial charge < -0.3 is 19.7 Å². The molecule has 128 valence electrons. The zero-order valence-corrected chi connectivity index (χ0v) is 13.1. The van der Waals surface area contributed by atoms with Gasteiger partial charge in [0.25, 0.3) is 5.69 Å². The first kappa shape index (κ1) is 17.5. The highest BCUT2D eigenvalue weighted by molar-refractivity contribution is 7.53. The molecule has 3 N–H and O–H groups in total. The molecule has 1 heterocycles. The second kappa shape index (κ2) is 6.35. The van der Waals surface area contributed by atoms with Crippen LogP contribution in [0.1, 0.15) is 6.92 Å². The summed E-state index contributed by atoms with van der Waals surface area (Å²) < 4.78 is 17.9. The van der Waals surface area contributed by atoms with Crippen LogP contribution >= 0.6 is 7.60 Å². The van der Waals surface area contributed by atoms with Gasteiger partial charge in [-0.15, -0.1) is 0 Å². The van der Waals surface area contributed by atoms with E-state index < -0.39 is 40.3 Å². The summed E-state index contributed by atoms with van der Waals surface area (Å²) in [6.07, 6.45) is 3.93. The van der Waals surface area contributed by atoms with E-state index in [1.54, 1.807) is 0 Å². The van der Waals surface area contributed by atoms with E-state index in [9.17, 15) is 29.7 Å². The highest BCUT2D eigenvalue weighted by Gasteiger charge is 2.33. The number of benzene rings is 1. The molecule has 2 atom stereocenters. The van der Waals surface area contributed by atoms with Gasteiger partial charge in [0, 0.05) is 18.5 Å². The summed E-state index contributed by atoms with van der Waals surface area (Å²) in [6, 6.07) is 1.56. The van der Waals surface area contributed by atoms with Crippen molar-refractivity contribution in [1.29, 1.82) is 0 Å². The molecule has 2 unspecified atom stereocenters. The minimum atomic E-state index is -4.41.